The summed E-state index contributed by atoms with van der Waals surface area (Å²) in [5, 5.41) is 3.67. The third-order valence-electron chi connectivity index (χ3n) is 4.86. The Balaban J connectivity index is 1.63. The zero-order valence-electron chi connectivity index (χ0n) is 16.0. The quantitative estimate of drug-likeness (QED) is 0.512. The van der Waals surface area contributed by atoms with E-state index in [2.05, 4.69) is 10.3 Å². The first kappa shape index (κ1) is 19.2. The lowest BCUT2D eigenvalue weighted by Crippen LogP contribution is -2.31. The maximum absolute atomic E-state index is 12.9. The van der Waals surface area contributed by atoms with Gasteiger partial charge in [0.15, 0.2) is 0 Å². The molecule has 5 nitrogen and oxygen atoms in total. The number of benzene rings is 2. The Kier molecular flexibility index (Phi) is 5.58. The number of pyridine rings is 1. The van der Waals surface area contributed by atoms with Crippen molar-refractivity contribution in [3.8, 4) is 0 Å². The Hall–Kier alpha value is -3.18. The molecule has 0 spiro atoms. The van der Waals surface area contributed by atoms with Crippen LogP contribution in [-0.2, 0) is 17.8 Å². The smallest absolute Gasteiger partial charge is 0.243 e. The summed E-state index contributed by atoms with van der Waals surface area (Å²) in [6, 6.07) is 20.8. The van der Waals surface area contributed by atoms with Crippen molar-refractivity contribution in [1.82, 2.24) is 19.9 Å². The number of carbonyl (C=O) groups excluding carboxylic acids is 1. The van der Waals surface area contributed by atoms with Crippen molar-refractivity contribution in [2.75, 3.05) is 0 Å². The van der Waals surface area contributed by atoms with Crippen LogP contribution in [0.4, 0.5) is 0 Å². The van der Waals surface area contributed by atoms with Crippen LogP contribution in [0.15, 0.2) is 72.9 Å². The Labute approximate surface area is 174 Å². The molecule has 1 amide bonds. The van der Waals surface area contributed by atoms with Crippen molar-refractivity contribution in [1.29, 1.82) is 0 Å². The molecule has 1 atom stereocenters. The lowest BCUT2D eigenvalue weighted by atomic mass is 10.1. The average molecular weight is 405 g/mol. The molecule has 0 aliphatic rings. The second kappa shape index (κ2) is 8.45. The molecule has 2 heterocycles. The molecule has 0 aliphatic carbocycles. The Morgan fingerprint density at radius 1 is 1.10 bits per heavy atom. The predicted octanol–water partition coefficient (Wildman–Crippen LogP) is 4.55. The molecule has 0 fully saturated rings. The summed E-state index contributed by atoms with van der Waals surface area (Å²) in [5.74, 6) is 0.750. The molecule has 0 saturated carbocycles. The molecule has 0 radical (unpaired) electrons. The molecule has 0 aliphatic heterocycles. The van der Waals surface area contributed by atoms with E-state index < -0.39 is 6.04 Å². The molecule has 2 aromatic carbocycles. The van der Waals surface area contributed by atoms with Crippen molar-refractivity contribution >= 4 is 28.5 Å². The van der Waals surface area contributed by atoms with Crippen molar-refractivity contribution < 1.29 is 4.79 Å². The van der Waals surface area contributed by atoms with Crippen molar-refractivity contribution in [3.63, 3.8) is 0 Å². The normalized spacial score (nSPS) is 12.1. The van der Waals surface area contributed by atoms with E-state index in [-0.39, 0.29) is 5.91 Å². The number of carbonyl (C=O) groups is 1. The molecule has 6 heteroatoms. The highest BCUT2D eigenvalue weighted by molar-refractivity contribution is 6.30. The summed E-state index contributed by atoms with van der Waals surface area (Å²) in [7, 11) is 0. The number of fused-ring (bicyclic) bond motifs is 1. The van der Waals surface area contributed by atoms with Crippen molar-refractivity contribution in [2.24, 2.45) is 0 Å². The second-order valence-electron chi connectivity index (χ2n) is 6.91. The first-order chi connectivity index (χ1) is 14.1. The number of aromatic nitrogens is 3. The van der Waals surface area contributed by atoms with E-state index in [0.717, 1.165) is 28.1 Å². The van der Waals surface area contributed by atoms with E-state index in [4.69, 9.17) is 16.6 Å². The molecule has 0 unspecified atom stereocenters. The number of para-hydroxylation sites is 2. The highest BCUT2D eigenvalue weighted by atomic mass is 35.5. The van der Waals surface area contributed by atoms with Gasteiger partial charge in [0.25, 0.3) is 0 Å². The van der Waals surface area contributed by atoms with Crippen LogP contribution in [0.2, 0.25) is 5.02 Å². The van der Waals surface area contributed by atoms with Gasteiger partial charge in [0.1, 0.15) is 11.9 Å². The van der Waals surface area contributed by atoms with Gasteiger partial charge in [0.2, 0.25) is 5.91 Å². The summed E-state index contributed by atoms with van der Waals surface area (Å²) in [4.78, 5) is 22.0. The number of nitrogens with one attached hydrogen (secondary N) is 1. The SMILES string of the molecule is C[C@H](C(=O)NCc1ccccn1)n1c(Cc2cccc(Cl)c2)nc2ccccc21. The molecule has 1 N–H and O–H groups in total. The molecule has 2 aromatic heterocycles. The number of imidazole rings is 1. The maximum Gasteiger partial charge on any atom is 0.243 e. The van der Waals surface area contributed by atoms with Gasteiger partial charge in [-0.3, -0.25) is 9.78 Å². The van der Waals surface area contributed by atoms with Gasteiger partial charge in [-0.25, -0.2) is 4.98 Å². The van der Waals surface area contributed by atoms with Gasteiger partial charge in [0, 0.05) is 17.6 Å². The highest BCUT2D eigenvalue weighted by Crippen LogP contribution is 2.24. The van der Waals surface area contributed by atoms with Gasteiger partial charge in [0.05, 0.1) is 23.3 Å². The van der Waals surface area contributed by atoms with Gasteiger partial charge in [-0.05, 0) is 48.9 Å². The minimum atomic E-state index is -0.416. The standard InChI is InChI=1S/C23H21ClN4O/c1-16(23(29)26-15-19-9-4-5-12-25-19)28-21-11-3-2-10-20(21)27-22(28)14-17-7-6-8-18(24)13-17/h2-13,16H,14-15H2,1H3,(H,26,29)/t16-/m1/s1. The van der Waals surface area contributed by atoms with Gasteiger partial charge in [-0.15, -0.1) is 0 Å². The van der Waals surface area contributed by atoms with Crippen LogP contribution >= 0.6 is 11.6 Å². The molecule has 4 aromatic rings. The van der Waals surface area contributed by atoms with Crippen LogP contribution in [0, 0.1) is 0 Å². The van der Waals surface area contributed by atoms with Crippen LogP contribution in [-0.4, -0.2) is 20.4 Å². The van der Waals surface area contributed by atoms with Gasteiger partial charge >= 0.3 is 0 Å². The van der Waals surface area contributed by atoms with Crippen LogP contribution in [0.5, 0.6) is 0 Å². The topological polar surface area (TPSA) is 59.8 Å². The van der Waals surface area contributed by atoms with E-state index in [1.54, 1.807) is 6.20 Å². The molecule has 0 saturated heterocycles. The van der Waals surface area contributed by atoms with Gasteiger partial charge in [-0.1, -0.05) is 41.9 Å². The number of hydrogen-bond acceptors (Lipinski definition) is 3. The van der Waals surface area contributed by atoms with Gasteiger partial charge in [-0.2, -0.15) is 0 Å². The Bertz CT molecular complexity index is 1140. The number of nitrogens with zero attached hydrogens (tertiary/aromatic N) is 3. The van der Waals surface area contributed by atoms with Crippen molar-refractivity contribution in [2.45, 2.75) is 25.9 Å². The van der Waals surface area contributed by atoms with Crippen molar-refractivity contribution in [3.05, 3.63) is 95.0 Å². The maximum atomic E-state index is 12.9. The van der Waals surface area contributed by atoms with E-state index in [1.807, 2.05) is 78.2 Å². The highest BCUT2D eigenvalue weighted by Gasteiger charge is 2.21. The Morgan fingerprint density at radius 2 is 1.93 bits per heavy atom. The minimum absolute atomic E-state index is 0.0776. The second-order valence-corrected chi connectivity index (χ2v) is 7.34. The monoisotopic (exact) mass is 404 g/mol. The van der Waals surface area contributed by atoms with Gasteiger partial charge < -0.3 is 9.88 Å². The van der Waals surface area contributed by atoms with E-state index in [0.29, 0.717) is 18.0 Å². The van der Waals surface area contributed by atoms with Crippen LogP contribution in [0.3, 0.4) is 0 Å². The fraction of sp³-hybridized carbons (Fsp3) is 0.174. The first-order valence-corrected chi connectivity index (χ1v) is 9.87. The van der Waals surface area contributed by atoms with E-state index in [1.165, 1.54) is 0 Å². The largest absolute Gasteiger partial charge is 0.349 e. The zero-order valence-corrected chi connectivity index (χ0v) is 16.8. The number of rotatable bonds is 6. The van der Waals surface area contributed by atoms with Crippen LogP contribution in [0.25, 0.3) is 11.0 Å². The fourth-order valence-corrected chi connectivity index (χ4v) is 3.64. The predicted molar refractivity (Wildman–Crippen MR) is 115 cm³/mol. The summed E-state index contributed by atoms with van der Waals surface area (Å²) < 4.78 is 2.00. The number of hydrogen-bond donors (Lipinski definition) is 1. The fourth-order valence-electron chi connectivity index (χ4n) is 3.43. The molecular weight excluding hydrogens is 384 g/mol. The molecule has 4 rings (SSSR count). The molecule has 29 heavy (non-hydrogen) atoms. The van der Waals surface area contributed by atoms with E-state index >= 15 is 0 Å². The first-order valence-electron chi connectivity index (χ1n) is 9.50. The molecular formula is C23H21ClN4O. The zero-order chi connectivity index (χ0) is 20.2. The van der Waals surface area contributed by atoms with Crippen LogP contribution < -0.4 is 5.32 Å². The number of amides is 1. The average Bonchev–Trinajstić information content (AvgIpc) is 3.10. The third-order valence-corrected chi connectivity index (χ3v) is 5.09. The number of halogens is 1. The Morgan fingerprint density at radius 3 is 2.72 bits per heavy atom. The summed E-state index contributed by atoms with van der Waals surface area (Å²) in [6.07, 6.45) is 2.31. The summed E-state index contributed by atoms with van der Waals surface area (Å²) in [6.45, 7) is 2.28. The molecule has 146 valence electrons. The lowest BCUT2D eigenvalue weighted by molar-refractivity contribution is -0.124. The summed E-state index contributed by atoms with van der Waals surface area (Å²) >= 11 is 6.14. The lowest BCUT2D eigenvalue weighted by Gasteiger charge is -2.17. The van der Waals surface area contributed by atoms with Crippen LogP contribution in [0.1, 0.15) is 30.0 Å². The molecule has 0 bridgehead atoms. The minimum Gasteiger partial charge on any atom is -0.349 e. The summed E-state index contributed by atoms with van der Waals surface area (Å²) in [5.41, 5.74) is 3.68. The third kappa shape index (κ3) is 4.30. The van der Waals surface area contributed by atoms with E-state index in [9.17, 15) is 4.79 Å².